The third-order valence-corrected chi connectivity index (χ3v) is 3.76. The van der Waals surface area contributed by atoms with Crippen molar-refractivity contribution in [3.05, 3.63) is 41.6 Å². The maximum atomic E-state index is 10.1. The molecule has 5 N–H and O–H groups in total. The Kier molecular flexibility index (Phi) is 8.72. The Morgan fingerprint density at radius 1 is 1.30 bits per heavy atom. The van der Waals surface area contributed by atoms with Crippen LogP contribution in [-0.2, 0) is 11.2 Å². The number of amides is 1. The Morgan fingerprint density at radius 3 is 2.96 bits per heavy atom. The van der Waals surface area contributed by atoms with Gasteiger partial charge >= 0.3 is 0 Å². The third-order valence-electron chi connectivity index (χ3n) is 3.76. The van der Waals surface area contributed by atoms with Gasteiger partial charge in [-0.1, -0.05) is 25.5 Å². The number of H-pyrrole nitrogens is 1. The van der Waals surface area contributed by atoms with Crippen LogP contribution in [0.15, 0.2) is 40.3 Å². The Labute approximate surface area is 159 Å². The van der Waals surface area contributed by atoms with Crippen LogP contribution in [0.5, 0.6) is 0 Å². The number of rotatable bonds is 12. The van der Waals surface area contributed by atoms with Crippen LogP contribution in [0.2, 0.25) is 0 Å². The maximum Gasteiger partial charge on any atom is 0.207 e. The molecule has 8 heteroatoms. The summed E-state index contributed by atoms with van der Waals surface area (Å²) in [7, 11) is 0. The molecular weight excluding hydrogens is 342 g/mol. The number of aromatic amines is 1. The standard InChI is InChI=1S/C19H27N7O/c1-2-6-15-13-18(26-25-15)24-19(20)16-7-3-4-8-17(16)23-10-5-9-21-11-12-22-14-27/h3-4,7-8,10,13-14,21H,2,5-6,9,11-12H2,1H3,(H,22,27)(H3,20,24,25,26). The molecule has 2 aromatic rings. The first-order chi connectivity index (χ1) is 13.2. The SMILES string of the molecule is CCCc1cc(N=C(N)c2ccccc2N=CCCNCCNC=O)n[nH]1. The van der Waals surface area contributed by atoms with Gasteiger partial charge in [0.2, 0.25) is 6.41 Å². The van der Waals surface area contributed by atoms with Gasteiger partial charge in [0, 0.05) is 43.2 Å². The molecule has 0 aliphatic carbocycles. The normalized spacial score (nSPS) is 11.8. The number of aromatic nitrogens is 2. The van der Waals surface area contributed by atoms with Crippen molar-refractivity contribution in [2.45, 2.75) is 26.2 Å². The summed E-state index contributed by atoms with van der Waals surface area (Å²) < 4.78 is 0. The Bertz CT molecular complexity index is 767. The number of nitrogens with zero attached hydrogens (tertiary/aromatic N) is 3. The molecule has 1 aromatic heterocycles. The van der Waals surface area contributed by atoms with Crippen molar-refractivity contribution in [2.24, 2.45) is 15.7 Å². The summed E-state index contributed by atoms with van der Waals surface area (Å²) in [4.78, 5) is 19.1. The minimum atomic E-state index is 0.385. The summed E-state index contributed by atoms with van der Waals surface area (Å²) in [5, 5.41) is 13.0. The van der Waals surface area contributed by atoms with Gasteiger partial charge in [-0.05, 0) is 25.0 Å². The fourth-order valence-electron chi connectivity index (χ4n) is 2.46. The Balaban J connectivity index is 1.96. The van der Waals surface area contributed by atoms with Crippen molar-refractivity contribution in [3.8, 4) is 0 Å². The van der Waals surface area contributed by atoms with E-state index in [1.165, 1.54) is 0 Å². The van der Waals surface area contributed by atoms with Crippen LogP contribution in [0.25, 0.3) is 0 Å². The van der Waals surface area contributed by atoms with E-state index in [-0.39, 0.29) is 0 Å². The highest BCUT2D eigenvalue weighted by Crippen LogP contribution is 2.20. The van der Waals surface area contributed by atoms with E-state index in [0.717, 1.165) is 49.3 Å². The summed E-state index contributed by atoms with van der Waals surface area (Å²) in [5.74, 6) is 0.957. The van der Waals surface area contributed by atoms with E-state index < -0.39 is 0 Å². The van der Waals surface area contributed by atoms with Crippen LogP contribution in [0, 0.1) is 0 Å². The van der Waals surface area contributed by atoms with Gasteiger partial charge in [-0.2, -0.15) is 5.10 Å². The first-order valence-corrected chi connectivity index (χ1v) is 9.12. The molecule has 1 aromatic carbocycles. The first kappa shape index (κ1) is 20.3. The number of para-hydroxylation sites is 1. The second-order valence-corrected chi connectivity index (χ2v) is 5.94. The van der Waals surface area contributed by atoms with Crippen LogP contribution in [0.1, 0.15) is 31.0 Å². The van der Waals surface area contributed by atoms with Crippen molar-refractivity contribution < 1.29 is 4.79 Å². The van der Waals surface area contributed by atoms with Gasteiger partial charge < -0.3 is 16.4 Å². The number of nitrogens with one attached hydrogen (secondary N) is 3. The highest BCUT2D eigenvalue weighted by Gasteiger charge is 2.06. The predicted octanol–water partition coefficient (Wildman–Crippen LogP) is 1.83. The summed E-state index contributed by atoms with van der Waals surface area (Å²) in [6.07, 6.45) is 5.29. The monoisotopic (exact) mass is 369 g/mol. The van der Waals surface area contributed by atoms with Gasteiger partial charge in [0.1, 0.15) is 5.84 Å². The lowest BCUT2D eigenvalue weighted by molar-refractivity contribution is -0.109. The zero-order chi connectivity index (χ0) is 19.3. The van der Waals surface area contributed by atoms with Crippen LogP contribution in [-0.4, -0.2) is 48.3 Å². The van der Waals surface area contributed by atoms with E-state index in [1.54, 1.807) is 0 Å². The van der Waals surface area contributed by atoms with Crippen molar-refractivity contribution in [2.75, 3.05) is 19.6 Å². The van der Waals surface area contributed by atoms with Crippen LogP contribution in [0.3, 0.4) is 0 Å². The summed E-state index contributed by atoms with van der Waals surface area (Å²) in [6, 6.07) is 9.54. The number of amidine groups is 1. The molecule has 1 amide bonds. The Hall–Kier alpha value is -3.00. The van der Waals surface area contributed by atoms with Crippen molar-refractivity contribution in [3.63, 3.8) is 0 Å². The topological polar surface area (TPSA) is 121 Å². The molecular formula is C19H27N7O. The smallest absolute Gasteiger partial charge is 0.207 e. The zero-order valence-electron chi connectivity index (χ0n) is 15.6. The second-order valence-electron chi connectivity index (χ2n) is 5.94. The number of aryl methyl sites for hydroxylation is 1. The van der Waals surface area contributed by atoms with Crippen molar-refractivity contribution in [1.29, 1.82) is 0 Å². The molecule has 0 spiro atoms. The van der Waals surface area contributed by atoms with Gasteiger partial charge in [0.25, 0.3) is 0 Å². The number of carbonyl (C=O) groups excluding carboxylic acids is 1. The molecule has 144 valence electrons. The third kappa shape index (κ3) is 7.02. The molecule has 1 heterocycles. The molecule has 0 bridgehead atoms. The van der Waals surface area contributed by atoms with Gasteiger partial charge in [-0.15, -0.1) is 0 Å². The lowest BCUT2D eigenvalue weighted by atomic mass is 10.1. The molecule has 0 saturated heterocycles. The van der Waals surface area contributed by atoms with Crippen molar-refractivity contribution >= 4 is 30.0 Å². The number of carbonyl (C=O) groups is 1. The first-order valence-electron chi connectivity index (χ1n) is 9.12. The molecule has 0 saturated carbocycles. The number of hydrogen-bond acceptors (Lipinski definition) is 5. The largest absolute Gasteiger partial charge is 0.383 e. The molecule has 0 aliphatic rings. The molecule has 0 atom stereocenters. The summed E-state index contributed by atoms with van der Waals surface area (Å²) in [5.41, 5.74) is 8.78. The van der Waals surface area contributed by atoms with E-state index in [4.69, 9.17) is 5.73 Å². The highest BCUT2D eigenvalue weighted by molar-refractivity contribution is 6.03. The van der Waals surface area contributed by atoms with Crippen LogP contribution < -0.4 is 16.4 Å². The lowest BCUT2D eigenvalue weighted by Gasteiger charge is -2.04. The molecule has 27 heavy (non-hydrogen) atoms. The minimum Gasteiger partial charge on any atom is -0.383 e. The van der Waals surface area contributed by atoms with E-state index in [9.17, 15) is 4.79 Å². The quantitative estimate of drug-likeness (QED) is 0.197. The van der Waals surface area contributed by atoms with E-state index in [0.29, 0.717) is 24.6 Å². The van der Waals surface area contributed by atoms with Gasteiger partial charge in [-0.25, -0.2) is 4.99 Å². The highest BCUT2D eigenvalue weighted by atomic mass is 16.1. The molecule has 8 nitrogen and oxygen atoms in total. The number of aliphatic imine (C=N–C) groups is 2. The molecule has 0 fully saturated rings. The van der Waals surface area contributed by atoms with E-state index >= 15 is 0 Å². The zero-order valence-corrected chi connectivity index (χ0v) is 15.6. The summed E-state index contributed by atoms with van der Waals surface area (Å²) in [6.45, 7) is 4.24. The van der Waals surface area contributed by atoms with Crippen molar-refractivity contribution in [1.82, 2.24) is 20.8 Å². The maximum absolute atomic E-state index is 10.1. The molecule has 0 aliphatic heterocycles. The number of benzene rings is 1. The van der Waals surface area contributed by atoms with E-state index in [1.807, 2.05) is 36.5 Å². The lowest BCUT2D eigenvalue weighted by Crippen LogP contribution is -2.27. The average molecular weight is 369 g/mol. The van der Waals surface area contributed by atoms with Crippen LogP contribution >= 0.6 is 0 Å². The fourth-order valence-corrected chi connectivity index (χ4v) is 2.46. The van der Waals surface area contributed by atoms with E-state index in [2.05, 4.69) is 37.7 Å². The van der Waals surface area contributed by atoms with Gasteiger partial charge in [-0.3, -0.25) is 14.9 Å². The van der Waals surface area contributed by atoms with Gasteiger partial charge in [0.05, 0.1) is 5.69 Å². The number of nitrogens with two attached hydrogens (primary N) is 1. The molecule has 2 rings (SSSR count). The molecule has 0 unspecified atom stereocenters. The number of hydrogen-bond donors (Lipinski definition) is 4. The summed E-state index contributed by atoms with van der Waals surface area (Å²) >= 11 is 0. The van der Waals surface area contributed by atoms with Gasteiger partial charge in [0.15, 0.2) is 5.82 Å². The predicted molar refractivity (Wildman–Crippen MR) is 109 cm³/mol. The Morgan fingerprint density at radius 2 is 2.15 bits per heavy atom. The average Bonchev–Trinajstić information content (AvgIpc) is 3.11. The molecule has 0 radical (unpaired) electrons. The van der Waals surface area contributed by atoms with Crippen LogP contribution in [0.4, 0.5) is 11.5 Å². The second kappa shape index (κ2) is 11.6. The minimum absolute atomic E-state index is 0.385. The fraction of sp³-hybridized carbons (Fsp3) is 0.368.